The highest BCUT2D eigenvalue weighted by molar-refractivity contribution is 8.00. The highest BCUT2D eigenvalue weighted by Gasteiger charge is 2.29. The summed E-state index contributed by atoms with van der Waals surface area (Å²) < 4.78 is 15.2. The zero-order valence-electron chi connectivity index (χ0n) is 23.3. The van der Waals surface area contributed by atoms with Crippen molar-refractivity contribution in [1.82, 2.24) is 19.4 Å². The van der Waals surface area contributed by atoms with Crippen molar-refractivity contribution in [1.29, 1.82) is 0 Å². The van der Waals surface area contributed by atoms with Gasteiger partial charge in [-0.1, -0.05) is 86.1 Å². The first-order chi connectivity index (χ1) is 20.0. The molecular weight excluding hydrogens is 535 g/mol. The van der Waals surface area contributed by atoms with Gasteiger partial charge in [-0.15, -0.1) is 0 Å². The van der Waals surface area contributed by atoms with E-state index >= 15 is 0 Å². The van der Waals surface area contributed by atoms with Crippen molar-refractivity contribution < 1.29 is 9.18 Å². The zero-order valence-corrected chi connectivity index (χ0v) is 24.1. The number of hydrogen-bond donors (Lipinski definition) is 0. The minimum atomic E-state index is -0.379. The van der Waals surface area contributed by atoms with Crippen LogP contribution in [0.1, 0.15) is 31.7 Å². The van der Waals surface area contributed by atoms with Gasteiger partial charge in [0.2, 0.25) is 5.91 Å². The summed E-state index contributed by atoms with van der Waals surface area (Å²) in [6, 6.07) is 23.3. The maximum absolute atomic E-state index is 13.9. The number of benzene rings is 3. The summed E-state index contributed by atoms with van der Waals surface area (Å²) in [5, 5.41) is 0.550. The van der Waals surface area contributed by atoms with E-state index in [4.69, 9.17) is 4.98 Å². The lowest BCUT2D eigenvalue weighted by Crippen LogP contribution is -2.51. The minimum absolute atomic E-state index is 0.0796. The predicted octanol–water partition coefficient (Wildman–Crippen LogP) is 6.03. The third-order valence-electron chi connectivity index (χ3n) is 7.33. The summed E-state index contributed by atoms with van der Waals surface area (Å²) >= 11 is 1.34. The summed E-state index contributed by atoms with van der Waals surface area (Å²) in [6.07, 6.45) is 6.84. The van der Waals surface area contributed by atoms with Crippen LogP contribution in [-0.4, -0.2) is 63.2 Å². The number of para-hydroxylation sites is 1. The monoisotopic (exact) mass is 570 g/mol. The van der Waals surface area contributed by atoms with E-state index in [1.165, 1.54) is 34.0 Å². The molecule has 1 aliphatic rings. The molecule has 0 radical (unpaired) electrons. The summed E-state index contributed by atoms with van der Waals surface area (Å²) in [5.74, 6) is -0.300. The molecule has 1 fully saturated rings. The fourth-order valence-corrected chi connectivity index (χ4v) is 6.25. The summed E-state index contributed by atoms with van der Waals surface area (Å²) in [7, 11) is 0. The molecule has 41 heavy (non-hydrogen) atoms. The first-order valence-corrected chi connectivity index (χ1v) is 15.1. The molecule has 212 valence electrons. The topological polar surface area (TPSA) is 58.4 Å². The SMILES string of the molecule is CCCCC(Sc1nc2ccccc2c(=O)n1-c1ccc(F)cc1)C(=O)N1CCN(C/C=C/c2ccccc2)CC1. The van der Waals surface area contributed by atoms with Gasteiger partial charge in [0.15, 0.2) is 5.16 Å². The normalized spacial score (nSPS) is 15.0. The average molecular weight is 571 g/mol. The average Bonchev–Trinajstić information content (AvgIpc) is 3.00. The van der Waals surface area contributed by atoms with Crippen LogP contribution in [0.25, 0.3) is 22.7 Å². The van der Waals surface area contributed by atoms with Crippen LogP contribution in [0.2, 0.25) is 0 Å². The number of carbonyl (C=O) groups is 1. The van der Waals surface area contributed by atoms with Crippen molar-refractivity contribution in [2.45, 2.75) is 36.6 Å². The Labute approximate surface area is 244 Å². The van der Waals surface area contributed by atoms with Gasteiger partial charge < -0.3 is 4.90 Å². The van der Waals surface area contributed by atoms with Crippen molar-refractivity contribution in [2.24, 2.45) is 0 Å². The van der Waals surface area contributed by atoms with Crippen LogP contribution in [0.4, 0.5) is 4.39 Å². The maximum atomic E-state index is 13.9. The number of fused-ring (bicyclic) bond motifs is 1. The molecule has 1 aromatic heterocycles. The van der Waals surface area contributed by atoms with Gasteiger partial charge in [0.25, 0.3) is 5.56 Å². The van der Waals surface area contributed by atoms with Gasteiger partial charge in [-0.25, -0.2) is 9.37 Å². The van der Waals surface area contributed by atoms with Crippen molar-refractivity contribution in [3.63, 3.8) is 0 Å². The highest BCUT2D eigenvalue weighted by atomic mass is 32.2. The molecule has 1 amide bonds. The number of carbonyl (C=O) groups excluding carboxylic acids is 1. The van der Waals surface area contributed by atoms with Crippen molar-refractivity contribution in [3.8, 4) is 5.69 Å². The van der Waals surface area contributed by atoms with E-state index < -0.39 is 0 Å². The van der Waals surface area contributed by atoms with Crippen LogP contribution in [0.15, 0.2) is 94.9 Å². The Morgan fingerprint density at radius 1 is 0.976 bits per heavy atom. The molecule has 3 aromatic carbocycles. The zero-order chi connectivity index (χ0) is 28.6. The number of hydrogen-bond acceptors (Lipinski definition) is 5. The quantitative estimate of drug-likeness (QED) is 0.172. The molecule has 1 unspecified atom stereocenters. The molecular formula is C33H35FN4O2S. The molecule has 6 nitrogen and oxygen atoms in total. The van der Waals surface area contributed by atoms with Crippen LogP contribution < -0.4 is 5.56 Å². The number of halogens is 1. The molecule has 8 heteroatoms. The van der Waals surface area contributed by atoms with E-state index in [9.17, 15) is 14.0 Å². The van der Waals surface area contributed by atoms with Gasteiger partial charge in [0, 0.05) is 32.7 Å². The third kappa shape index (κ3) is 7.13. The van der Waals surface area contributed by atoms with E-state index in [0.717, 1.165) is 32.5 Å². The van der Waals surface area contributed by atoms with E-state index in [0.29, 0.717) is 41.3 Å². The molecule has 0 N–H and O–H groups in total. The van der Waals surface area contributed by atoms with Gasteiger partial charge in [0.05, 0.1) is 21.8 Å². The highest BCUT2D eigenvalue weighted by Crippen LogP contribution is 2.30. The van der Waals surface area contributed by atoms with Crippen LogP contribution in [0, 0.1) is 5.82 Å². The van der Waals surface area contributed by atoms with E-state index in [1.807, 2.05) is 35.2 Å². The van der Waals surface area contributed by atoms with Gasteiger partial charge in [0.1, 0.15) is 5.82 Å². The largest absolute Gasteiger partial charge is 0.339 e. The fourth-order valence-electron chi connectivity index (χ4n) is 5.02. The lowest BCUT2D eigenvalue weighted by molar-refractivity contribution is -0.132. The smallest absolute Gasteiger partial charge is 0.266 e. The van der Waals surface area contributed by atoms with Gasteiger partial charge >= 0.3 is 0 Å². The van der Waals surface area contributed by atoms with E-state index in [-0.39, 0.29) is 22.5 Å². The van der Waals surface area contributed by atoms with Crippen LogP contribution in [-0.2, 0) is 4.79 Å². The maximum Gasteiger partial charge on any atom is 0.266 e. The molecule has 0 aliphatic carbocycles. The first kappa shape index (κ1) is 28.8. The van der Waals surface area contributed by atoms with Gasteiger partial charge in [-0.3, -0.25) is 19.1 Å². The van der Waals surface area contributed by atoms with E-state index in [1.54, 1.807) is 24.3 Å². The molecule has 0 bridgehead atoms. The number of piperazine rings is 1. The predicted molar refractivity (Wildman–Crippen MR) is 165 cm³/mol. The van der Waals surface area contributed by atoms with Crippen LogP contribution in [0.3, 0.4) is 0 Å². The minimum Gasteiger partial charge on any atom is -0.339 e. The van der Waals surface area contributed by atoms with Crippen LogP contribution >= 0.6 is 11.8 Å². The summed E-state index contributed by atoms with van der Waals surface area (Å²) in [6.45, 7) is 5.90. The Morgan fingerprint density at radius 2 is 1.68 bits per heavy atom. The molecule has 1 atom stereocenters. The summed E-state index contributed by atoms with van der Waals surface area (Å²) in [5.41, 5.74) is 2.05. The Hall–Kier alpha value is -3.75. The number of aromatic nitrogens is 2. The lowest BCUT2D eigenvalue weighted by Gasteiger charge is -2.36. The Bertz CT molecular complexity index is 1550. The molecule has 2 heterocycles. The number of unbranched alkanes of at least 4 members (excludes halogenated alkanes) is 1. The first-order valence-electron chi connectivity index (χ1n) is 14.2. The second-order valence-corrected chi connectivity index (χ2v) is 11.4. The molecule has 5 rings (SSSR count). The second kappa shape index (κ2) is 13.7. The lowest BCUT2D eigenvalue weighted by atomic mass is 10.1. The molecule has 0 spiro atoms. The molecule has 1 saturated heterocycles. The van der Waals surface area contributed by atoms with Crippen molar-refractivity contribution >= 4 is 34.6 Å². The van der Waals surface area contributed by atoms with E-state index in [2.05, 4.69) is 36.1 Å². The number of rotatable bonds is 10. The number of thioether (sulfide) groups is 1. The standard InChI is InChI=1S/C33H35FN4O2S/c1-2-3-15-30(32(40)37-23-21-36(22-24-37)20-9-12-25-10-5-4-6-11-25)41-33-35-29-14-8-7-13-28(29)31(39)38(33)27-18-16-26(34)17-19-27/h4-14,16-19,30H,2-3,15,20-24H2,1H3/b12-9+. The third-order valence-corrected chi connectivity index (χ3v) is 8.54. The van der Waals surface area contributed by atoms with Gasteiger partial charge in [-0.2, -0.15) is 0 Å². The number of amides is 1. The fraction of sp³-hybridized carbons (Fsp3) is 0.303. The Kier molecular flexibility index (Phi) is 9.64. The Morgan fingerprint density at radius 3 is 2.41 bits per heavy atom. The van der Waals surface area contributed by atoms with Gasteiger partial charge in [-0.05, 0) is 48.4 Å². The Balaban J connectivity index is 1.34. The molecule has 4 aromatic rings. The van der Waals surface area contributed by atoms with Crippen LogP contribution in [0.5, 0.6) is 0 Å². The molecule has 1 aliphatic heterocycles. The van der Waals surface area contributed by atoms with Crippen molar-refractivity contribution in [3.05, 3.63) is 107 Å². The molecule has 0 saturated carbocycles. The van der Waals surface area contributed by atoms with Crippen molar-refractivity contribution in [2.75, 3.05) is 32.7 Å². The summed E-state index contributed by atoms with van der Waals surface area (Å²) in [4.78, 5) is 36.6. The second-order valence-electron chi connectivity index (χ2n) is 10.2. The number of nitrogens with zero attached hydrogens (tertiary/aromatic N) is 4.